The summed E-state index contributed by atoms with van der Waals surface area (Å²) in [5, 5.41) is 9.54. The smallest absolute Gasteiger partial charge is 0.119 e. The Morgan fingerprint density at radius 2 is 2.21 bits per heavy atom. The van der Waals surface area contributed by atoms with E-state index in [-0.39, 0.29) is 6.10 Å². The molecule has 1 aromatic carbocycles. The summed E-state index contributed by atoms with van der Waals surface area (Å²) in [4.78, 5) is 0. The van der Waals surface area contributed by atoms with Crippen molar-refractivity contribution in [2.45, 2.75) is 25.9 Å². The van der Waals surface area contributed by atoms with Gasteiger partial charge in [0.1, 0.15) is 5.75 Å². The number of hydrogen-bond donors (Lipinski definition) is 1. The Hall–Kier alpha value is -0.540. The molecule has 0 saturated heterocycles. The van der Waals surface area contributed by atoms with Crippen molar-refractivity contribution in [2.24, 2.45) is 0 Å². The quantitative estimate of drug-likeness (QED) is 0.900. The van der Waals surface area contributed by atoms with Crippen molar-refractivity contribution in [2.75, 3.05) is 7.11 Å². The lowest BCUT2D eigenvalue weighted by Crippen LogP contribution is -2.08. The second kappa shape index (κ2) is 5.37. The van der Waals surface area contributed by atoms with Crippen LogP contribution >= 0.6 is 15.9 Å². The van der Waals surface area contributed by atoms with Gasteiger partial charge in [-0.2, -0.15) is 0 Å². The van der Waals surface area contributed by atoms with Gasteiger partial charge in [0, 0.05) is 4.47 Å². The topological polar surface area (TPSA) is 29.5 Å². The summed E-state index contributed by atoms with van der Waals surface area (Å²) in [5.74, 6) is 0.825. The van der Waals surface area contributed by atoms with Crippen LogP contribution in [0.5, 0.6) is 5.75 Å². The van der Waals surface area contributed by atoms with Crippen LogP contribution < -0.4 is 4.74 Å². The first kappa shape index (κ1) is 11.5. The highest BCUT2D eigenvalue weighted by atomic mass is 79.9. The molecule has 0 spiro atoms. The normalized spacial score (nSPS) is 12.6. The zero-order valence-corrected chi connectivity index (χ0v) is 10.0. The predicted molar refractivity (Wildman–Crippen MR) is 60.7 cm³/mol. The van der Waals surface area contributed by atoms with Crippen molar-refractivity contribution in [1.29, 1.82) is 0 Å². The van der Waals surface area contributed by atoms with Gasteiger partial charge in [0.25, 0.3) is 0 Å². The van der Waals surface area contributed by atoms with Gasteiger partial charge >= 0.3 is 0 Å². The maximum atomic E-state index is 9.54. The third-order valence-corrected chi connectivity index (χ3v) is 2.95. The maximum absolute atomic E-state index is 9.54. The maximum Gasteiger partial charge on any atom is 0.119 e. The fraction of sp³-hybridized carbons (Fsp3) is 0.455. The number of benzene rings is 1. The van der Waals surface area contributed by atoms with E-state index in [0.717, 1.165) is 22.2 Å². The second-order valence-electron chi connectivity index (χ2n) is 3.22. The van der Waals surface area contributed by atoms with E-state index in [0.29, 0.717) is 6.42 Å². The predicted octanol–water partition coefficient (Wildman–Crippen LogP) is 2.77. The van der Waals surface area contributed by atoms with Gasteiger partial charge in [-0.25, -0.2) is 0 Å². The highest BCUT2D eigenvalue weighted by molar-refractivity contribution is 9.10. The minimum absolute atomic E-state index is 0.279. The van der Waals surface area contributed by atoms with Gasteiger partial charge in [0.05, 0.1) is 13.2 Å². The van der Waals surface area contributed by atoms with Gasteiger partial charge in [-0.1, -0.05) is 22.9 Å². The van der Waals surface area contributed by atoms with Gasteiger partial charge < -0.3 is 9.84 Å². The molecule has 78 valence electrons. The molecule has 3 heteroatoms. The van der Waals surface area contributed by atoms with E-state index in [1.54, 1.807) is 7.11 Å². The Labute approximate surface area is 93.0 Å². The van der Waals surface area contributed by atoms with Gasteiger partial charge in [-0.3, -0.25) is 0 Å². The van der Waals surface area contributed by atoms with E-state index >= 15 is 0 Å². The largest absolute Gasteiger partial charge is 0.497 e. The molecule has 0 aromatic heterocycles. The number of rotatable bonds is 4. The molecule has 0 aliphatic heterocycles. The Balaban J connectivity index is 2.83. The molecule has 0 aliphatic rings. The average Bonchev–Trinajstić information content (AvgIpc) is 2.21. The summed E-state index contributed by atoms with van der Waals surface area (Å²) in [5.41, 5.74) is 1.08. The molecule has 0 saturated carbocycles. The molecule has 1 rings (SSSR count). The van der Waals surface area contributed by atoms with Crippen LogP contribution in [0, 0.1) is 0 Å². The minimum Gasteiger partial charge on any atom is -0.497 e. The first-order chi connectivity index (χ1) is 6.67. The third kappa shape index (κ3) is 3.00. The number of halogens is 1. The zero-order chi connectivity index (χ0) is 10.6. The van der Waals surface area contributed by atoms with E-state index < -0.39 is 0 Å². The Morgan fingerprint density at radius 1 is 1.50 bits per heavy atom. The molecule has 0 amide bonds. The molecule has 0 bridgehead atoms. The number of methoxy groups -OCH3 is 1. The lowest BCUT2D eigenvalue weighted by molar-refractivity contribution is 0.170. The number of aliphatic hydroxyl groups is 1. The third-order valence-electron chi connectivity index (χ3n) is 2.18. The van der Waals surface area contributed by atoms with Gasteiger partial charge in [-0.15, -0.1) is 0 Å². The summed E-state index contributed by atoms with van der Waals surface area (Å²) in [6, 6.07) is 5.78. The van der Waals surface area contributed by atoms with Crippen molar-refractivity contribution < 1.29 is 9.84 Å². The molecule has 0 radical (unpaired) electrons. The number of ether oxygens (including phenoxy) is 1. The Bertz CT molecular complexity index is 299. The van der Waals surface area contributed by atoms with Gasteiger partial charge in [0.15, 0.2) is 0 Å². The molecule has 1 aromatic rings. The van der Waals surface area contributed by atoms with Crippen LogP contribution in [0.15, 0.2) is 22.7 Å². The van der Waals surface area contributed by atoms with E-state index in [4.69, 9.17) is 4.74 Å². The van der Waals surface area contributed by atoms with Crippen molar-refractivity contribution >= 4 is 15.9 Å². The van der Waals surface area contributed by atoms with E-state index in [2.05, 4.69) is 15.9 Å². The van der Waals surface area contributed by atoms with Crippen LogP contribution in [-0.2, 0) is 6.42 Å². The summed E-state index contributed by atoms with van der Waals surface area (Å²) in [6.07, 6.45) is 1.15. The van der Waals surface area contributed by atoms with Crippen LogP contribution in [0.3, 0.4) is 0 Å². The van der Waals surface area contributed by atoms with Crippen molar-refractivity contribution in [3.8, 4) is 5.75 Å². The molecule has 1 N–H and O–H groups in total. The molecule has 0 aliphatic carbocycles. The van der Waals surface area contributed by atoms with Crippen LogP contribution in [-0.4, -0.2) is 18.3 Å². The lowest BCUT2D eigenvalue weighted by Gasteiger charge is -2.10. The highest BCUT2D eigenvalue weighted by Crippen LogP contribution is 2.23. The molecule has 0 fully saturated rings. The fourth-order valence-corrected chi connectivity index (χ4v) is 1.64. The molecule has 1 atom stereocenters. The summed E-state index contributed by atoms with van der Waals surface area (Å²) < 4.78 is 6.14. The van der Waals surface area contributed by atoms with E-state index in [1.165, 1.54) is 0 Å². The summed E-state index contributed by atoms with van der Waals surface area (Å²) in [7, 11) is 1.64. The van der Waals surface area contributed by atoms with E-state index in [1.807, 2.05) is 25.1 Å². The number of aliphatic hydroxyl groups excluding tert-OH is 1. The highest BCUT2D eigenvalue weighted by Gasteiger charge is 2.07. The SMILES string of the molecule is CCC(O)Cc1cc(OC)ccc1Br. The fourth-order valence-electron chi connectivity index (χ4n) is 1.23. The standard InChI is InChI=1S/C11H15BrO2/c1-3-9(13)6-8-7-10(14-2)4-5-11(8)12/h4-5,7,9,13H,3,6H2,1-2H3. The molecular weight excluding hydrogens is 244 g/mol. The van der Waals surface area contributed by atoms with Crippen LogP contribution in [0.1, 0.15) is 18.9 Å². The number of hydrogen-bond acceptors (Lipinski definition) is 2. The van der Waals surface area contributed by atoms with Crippen LogP contribution in [0.25, 0.3) is 0 Å². The zero-order valence-electron chi connectivity index (χ0n) is 8.46. The molecule has 2 nitrogen and oxygen atoms in total. The monoisotopic (exact) mass is 258 g/mol. The minimum atomic E-state index is -0.279. The lowest BCUT2D eigenvalue weighted by atomic mass is 10.1. The first-order valence-corrected chi connectivity index (χ1v) is 5.47. The van der Waals surface area contributed by atoms with Crippen LogP contribution in [0.2, 0.25) is 0 Å². The molecule has 14 heavy (non-hydrogen) atoms. The summed E-state index contributed by atoms with van der Waals surface area (Å²) in [6.45, 7) is 1.97. The van der Waals surface area contributed by atoms with Gasteiger partial charge in [0.2, 0.25) is 0 Å². The molecule has 1 unspecified atom stereocenters. The Kier molecular flexibility index (Phi) is 4.42. The second-order valence-corrected chi connectivity index (χ2v) is 4.08. The molecule has 0 heterocycles. The average molecular weight is 259 g/mol. The molecular formula is C11H15BrO2. The first-order valence-electron chi connectivity index (χ1n) is 4.67. The van der Waals surface area contributed by atoms with Crippen molar-refractivity contribution in [1.82, 2.24) is 0 Å². The van der Waals surface area contributed by atoms with Crippen LogP contribution in [0.4, 0.5) is 0 Å². The van der Waals surface area contributed by atoms with E-state index in [9.17, 15) is 5.11 Å². The van der Waals surface area contributed by atoms with Crippen molar-refractivity contribution in [3.05, 3.63) is 28.2 Å². The summed E-state index contributed by atoms with van der Waals surface area (Å²) >= 11 is 3.45. The Morgan fingerprint density at radius 3 is 2.79 bits per heavy atom. The van der Waals surface area contributed by atoms with Crippen molar-refractivity contribution in [3.63, 3.8) is 0 Å². The van der Waals surface area contributed by atoms with Gasteiger partial charge in [-0.05, 0) is 36.6 Å².